The Bertz CT molecular complexity index is 541. The molecule has 0 radical (unpaired) electrons. The number of anilines is 1. The van der Waals surface area contributed by atoms with E-state index in [1.165, 1.54) is 5.56 Å². The normalized spacial score (nSPS) is 12.1. The van der Waals surface area contributed by atoms with Crippen LogP contribution in [0.4, 0.5) is 5.82 Å². The van der Waals surface area contributed by atoms with Gasteiger partial charge in [-0.3, -0.25) is 4.98 Å². The molecular formula is C17H24N4. The lowest BCUT2D eigenvalue weighted by Gasteiger charge is -2.24. The van der Waals surface area contributed by atoms with Crippen molar-refractivity contribution in [1.29, 1.82) is 0 Å². The second-order valence-corrected chi connectivity index (χ2v) is 5.19. The van der Waals surface area contributed by atoms with Crippen LogP contribution in [0.5, 0.6) is 0 Å². The van der Waals surface area contributed by atoms with Gasteiger partial charge in [0.2, 0.25) is 0 Å². The van der Waals surface area contributed by atoms with Crippen LogP contribution in [0.1, 0.15) is 31.1 Å². The number of hydrogen-bond acceptors (Lipinski definition) is 4. The first-order chi connectivity index (χ1) is 10.2. The molecule has 0 aromatic carbocycles. The fourth-order valence-corrected chi connectivity index (χ4v) is 2.42. The van der Waals surface area contributed by atoms with E-state index in [9.17, 15) is 0 Å². The van der Waals surface area contributed by atoms with E-state index in [-0.39, 0.29) is 0 Å². The van der Waals surface area contributed by atoms with Gasteiger partial charge in [-0.05, 0) is 31.7 Å². The van der Waals surface area contributed by atoms with Crippen molar-refractivity contribution in [3.05, 3.63) is 54.0 Å². The van der Waals surface area contributed by atoms with Gasteiger partial charge >= 0.3 is 0 Å². The highest BCUT2D eigenvalue weighted by Crippen LogP contribution is 2.22. The zero-order chi connectivity index (χ0) is 15.1. The van der Waals surface area contributed by atoms with Crippen molar-refractivity contribution in [2.24, 2.45) is 0 Å². The summed E-state index contributed by atoms with van der Waals surface area (Å²) in [5, 5.41) is 3.45. The van der Waals surface area contributed by atoms with Gasteiger partial charge in [-0.1, -0.05) is 19.1 Å². The Morgan fingerprint density at radius 1 is 1.14 bits per heavy atom. The third kappa shape index (κ3) is 4.26. The summed E-state index contributed by atoms with van der Waals surface area (Å²) in [6.07, 6.45) is 4.62. The fraction of sp³-hybridized carbons (Fsp3) is 0.412. The molecule has 1 unspecified atom stereocenters. The number of pyridine rings is 2. The van der Waals surface area contributed by atoms with Crippen LogP contribution in [0.2, 0.25) is 0 Å². The van der Waals surface area contributed by atoms with Gasteiger partial charge in [0, 0.05) is 49.7 Å². The van der Waals surface area contributed by atoms with E-state index >= 15 is 0 Å². The second kappa shape index (κ2) is 7.74. The van der Waals surface area contributed by atoms with Crippen LogP contribution in [-0.2, 0) is 6.42 Å². The first-order valence-electron chi connectivity index (χ1n) is 7.51. The summed E-state index contributed by atoms with van der Waals surface area (Å²) in [5.41, 5.74) is 2.35. The lowest BCUT2D eigenvalue weighted by atomic mass is 10.1. The Balaban J connectivity index is 2.06. The molecule has 0 saturated carbocycles. The molecule has 0 saturated heterocycles. The molecule has 2 aromatic rings. The van der Waals surface area contributed by atoms with Gasteiger partial charge in [0.15, 0.2) is 0 Å². The molecule has 2 heterocycles. The molecule has 1 atom stereocenters. The minimum atomic E-state index is 0.302. The minimum Gasteiger partial charge on any atom is -0.359 e. The summed E-state index contributed by atoms with van der Waals surface area (Å²) in [7, 11) is 2.09. The Morgan fingerprint density at radius 2 is 1.95 bits per heavy atom. The summed E-state index contributed by atoms with van der Waals surface area (Å²) in [6.45, 7) is 6.15. The average Bonchev–Trinajstić information content (AvgIpc) is 2.54. The molecule has 0 fully saturated rings. The zero-order valence-electron chi connectivity index (χ0n) is 13.1. The van der Waals surface area contributed by atoms with Gasteiger partial charge in [-0.2, -0.15) is 0 Å². The highest BCUT2D eigenvalue weighted by atomic mass is 15.2. The summed E-state index contributed by atoms with van der Waals surface area (Å²) >= 11 is 0. The van der Waals surface area contributed by atoms with E-state index < -0.39 is 0 Å². The van der Waals surface area contributed by atoms with E-state index in [0.717, 1.165) is 31.0 Å². The van der Waals surface area contributed by atoms with E-state index in [0.29, 0.717) is 6.04 Å². The first-order valence-corrected chi connectivity index (χ1v) is 7.51. The van der Waals surface area contributed by atoms with Crippen LogP contribution < -0.4 is 10.2 Å². The fourth-order valence-electron chi connectivity index (χ4n) is 2.42. The highest BCUT2D eigenvalue weighted by Gasteiger charge is 2.13. The number of likely N-dealkylation sites (N-methyl/N-ethyl adjacent to an activating group) is 1. The van der Waals surface area contributed by atoms with Crippen LogP contribution in [0.25, 0.3) is 0 Å². The Morgan fingerprint density at radius 3 is 2.67 bits per heavy atom. The van der Waals surface area contributed by atoms with E-state index in [1.807, 2.05) is 30.6 Å². The summed E-state index contributed by atoms with van der Waals surface area (Å²) in [5.74, 6) is 1.04. The van der Waals surface area contributed by atoms with Crippen molar-refractivity contribution < 1.29 is 0 Å². The Hall–Kier alpha value is -1.94. The number of aromatic nitrogens is 2. The maximum absolute atomic E-state index is 4.56. The smallest absolute Gasteiger partial charge is 0.133 e. The van der Waals surface area contributed by atoms with Crippen LogP contribution in [0.15, 0.2) is 42.7 Å². The maximum Gasteiger partial charge on any atom is 0.133 e. The molecule has 4 nitrogen and oxygen atoms in total. The number of nitrogens with zero attached hydrogens (tertiary/aromatic N) is 3. The largest absolute Gasteiger partial charge is 0.359 e. The lowest BCUT2D eigenvalue weighted by molar-refractivity contribution is 0.594. The summed E-state index contributed by atoms with van der Waals surface area (Å²) in [4.78, 5) is 11.1. The molecule has 4 heteroatoms. The minimum absolute atomic E-state index is 0.302. The van der Waals surface area contributed by atoms with Gasteiger partial charge in [-0.25, -0.2) is 4.98 Å². The monoisotopic (exact) mass is 284 g/mol. The molecule has 0 aliphatic carbocycles. The van der Waals surface area contributed by atoms with Crippen LogP contribution in [0, 0.1) is 0 Å². The van der Waals surface area contributed by atoms with Crippen LogP contribution in [0.3, 0.4) is 0 Å². The summed E-state index contributed by atoms with van der Waals surface area (Å²) < 4.78 is 0. The third-order valence-corrected chi connectivity index (χ3v) is 3.58. The zero-order valence-corrected chi connectivity index (χ0v) is 13.1. The predicted molar refractivity (Wildman–Crippen MR) is 87.5 cm³/mol. The molecule has 0 aliphatic rings. The second-order valence-electron chi connectivity index (χ2n) is 5.19. The molecule has 0 spiro atoms. The molecule has 21 heavy (non-hydrogen) atoms. The van der Waals surface area contributed by atoms with E-state index in [2.05, 4.69) is 53.2 Å². The van der Waals surface area contributed by atoms with Crippen molar-refractivity contribution in [3.8, 4) is 0 Å². The molecule has 0 amide bonds. The molecular weight excluding hydrogens is 260 g/mol. The van der Waals surface area contributed by atoms with Gasteiger partial charge in [0.05, 0.1) is 0 Å². The van der Waals surface area contributed by atoms with Crippen molar-refractivity contribution in [1.82, 2.24) is 15.3 Å². The SMILES string of the molecule is CCNC(C)c1cccnc1N(C)CCc1ccccn1. The predicted octanol–water partition coefficient (Wildman–Crippen LogP) is 2.83. The Kier molecular flexibility index (Phi) is 5.69. The highest BCUT2D eigenvalue weighted by molar-refractivity contribution is 5.47. The number of hydrogen-bond donors (Lipinski definition) is 1. The van der Waals surface area contributed by atoms with Crippen molar-refractivity contribution >= 4 is 5.82 Å². The average molecular weight is 284 g/mol. The van der Waals surface area contributed by atoms with E-state index in [4.69, 9.17) is 0 Å². The summed E-state index contributed by atoms with van der Waals surface area (Å²) in [6, 6.07) is 10.5. The molecule has 0 aliphatic heterocycles. The lowest BCUT2D eigenvalue weighted by Crippen LogP contribution is -2.26. The molecule has 2 aromatic heterocycles. The molecule has 0 bridgehead atoms. The molecule has 112 valence electrons. The van der Waals surface area contributed by atoms with Gasteiger partial charge < -0.3 is 10.2 Å². The molecule has 2 rings (SSSR count). The van der Waals surface area contributed by atoms with Gasteiger partial charge in [-0.15, -0.1) is 0 Å². The third-order valence-electron chi connectivity index (χ3n) is 3.58. The Labute approximate surface area is 127 Å². The topological polar surface area (TPSA) is 41.1 Å². The van der Waals surface area contributed by atoms with Gasteiger partial charge in [0.25, 0.3) is 0 Å². The standard InChI is InChI=1S/C17H24N4/c1-4-18-14(2)16-9-7-12-20-17(16)21(3)13-10-15-8-5-6-11-19-15/h5-9,11-12,14,18H,4,10,13H2,1-3H3. The van der Waals surface area contributed by atoms with Gasteiger partial charge in [0.1, 0.15) is 5.82 Å². The number of nitrogens with one attached hydrogen (secondary N) is 1. The first kappa shape index (κ1) is 15.4. The van der Waals surface area contributed by atoms with Crippen LogP contribution in [-0.4, -0.2) is 30.1 Å². The van der Waals surface area contributed by atoms with Crippen molar-refractivity contribution in [2.45, 2.75) is 26.3 Å². The van der Waals surface area contributed by atoms with Crippen molar-refractivity contribution in [3.63, 3.8) is 0 Å². The van der Waals surface area contributed by atoms with Crippen molar-refractivity contribution in [2.75, 3.05) is 25.0 Å². The number of rotatable bonds is 7. The van der Waals surface area contributed by atoms with Crippen LogP contribution >= 0.6 is 0 Å². The maximum atomic E-state index is 4.56. The molecule has 1 N–H and O–H groups in total. The quantitative estimate of drug-likeness (QED) is 0.849. The van der Waals surface area contributed by atoms with E-state index in [1.54, 1.807) is 0 Å².